The number of aromatic amines is 1. The monoisotopic (exact) mass is 325 g/mol. The number of amides is 1. The van der Waals surface area contributed by atoms with Gasteiger partial charge in [-0.2, -0.15) is 0 Å². The first-order chi connectivity index (χ1) is 11.5. The van der Waals surface area contributed by atoms with E-state index in [-0.39, 0.29) is 17.0 Å². The molecular formula is C19H23N3O2. The Hall–Kier alpha value is -2.56. The van der Waals surface area contributed by atoms with Crippen LogP contribution in [0.3, 0.4) is 0 Å². The minimum atomic E-state index is -0.306. The normalized spacial score (nSPS) is 15.3. The SMILES string of the molecule is Cc1cccc(NC2CCN(C(=O)c3ccc(C)[nH]c3=O)CC2)c1. The van der Waals surface area contributed by atoms with Crippen molar-refractivity contribution in [2.24, 2.45) is 0 Å². The fourth-order valence-corrected chi connectivity index (χ4v) is 3.11. The molecule has 5 nitrogen and oxygen atoms in total. The third kappa shape index (κ3) is 3.67. The Morgan fingerprint density at radius 1 is 1.17 bits per heavy atom. The second-order valence-electron chi connectivity index (χ2n) is 6.46. The summed E-state index contributed by atoms with van der Waals surface area (Å²) in [6.45, 7) is 5.20. The van der Waals surface area contributed by atoms with Gasteiger partial charge in [0.25, 0.3) is 11.5 Å². The van der Waals surface area contributed by atoms with Crippen molar-refractivity contribution >= 4 is 11.6 Å². The first-order valence-corrected chi connectivity index (χ1v) is 8.35. The number of rotatable bonds is 3. The molecule has 1 amide bonds. The number of aryl methyl sites for hydroxylation is 2. The van der Waals surface area contributed by atoms with Crippen LogP contribution in [0.2, 0.25) is 0 Å². The second kappa shape index (κ2) is 6.91. The van der Waals surface area contributed by atoms with E-state index in [9.17, 15) is 9.59 Å². The zero-order chi connectivity index (χ0) is 17.1. The van der Waals surface area contributed by atoms with Crippen LogP contribution < -0.4 is 10.9 Å². The highest BCUT2D eigenvalue weighted by Crippen LogP contribution is 2.18. The molecule has 1 saturated heterocycles. The van der Waals surface area contributed by atoms with E-state index in [0.29, 0.717) is 19.1 Å². The number of anilines is 1. The topological polar surface area (TPSA) is 65.2 Å². The van der Waals surface area contributed by atoms with Gasteiger partial charge in [0.1, 0.15) is 5.56 Å². The number of aromatic nitrogens is 1. The van der Waals surface area contributed by atoms with Gasteiger partial charge in [0.2, 0.25) is 0 Å². The number of nitrogens with one attached hydrogen (secondary N) is 2. The Kier molecular flexibility index (Phi) is 4.69. The summed E-state index contributed by atoms with van der Waals surface area (Å²) in [5.41, 5.74) is 3.03. The molecule has 0 spiro atoms. The molecule has 5 heteroatoms. The quantitative estimate of drug-likeness (QED) is 0.912. The van der Waals surface area contributed by atoms with Crippen molar-refractivity contribution in [1.29, 1.82) is 0 Å². The van der Waals surface area contributed by atoms with E-state index in [1.165, 1.54) is 5.56 Å². The van der Waals surface area contributed by atoms with Gasteiger partial charge < -0.3 is 15.2 Å². The average molecular weight is 325 g/mol. The van der Waals surface area contributed by atoms with Crippen LogP contribution in [0.5, 0.6) is 0 Å². The first-order valence-electron chi connectivity index (χ1n) is 8.35. The summed E-state index contributed by atoms with van der Waals surface area (Å²) >= 11 is 0. The number of pyridine rings is 1. The number of likely N-dealkylation sites (tertiary alicyclic amines) is 1. The van der Waals surface area contributed by atoms with Crippen molar-refractivity contribution in [2.75, 3.05) is 18.4 Å². The maximum absolute atomic E-state index is 12.5. The molecule has 1 aromatic carbocycles. The van der Waals surface area contributed by atoms with E-state index in [2.05, 4.69) is 35.4 Å². The molecule has 0 saturated carbocycles. The molecule has 2 aromatic rings. The van der Waals surface area contributed by atoms with Crippen LogP contribution in [0.1, 0.15) is 34.5 Å². The number of H-pyrrole nitrogens is 1. The van der Waals surface area contributed by atoms with Crippen LogP contribution >= 0.6 is 0 Å². The van der Waals surface area contributed by atoms with Gasteiger partial charge in [-0.3, -0.25) is 9.59 Å². The number of piperidine rings is 1. The highest BCUT2D eigenvalue weighted by atomic mass is 16.2. The molecule has 3 rings (SSSR count). The van der Waals surface area contributed by atoms with Gasteiger partial charge in [0.05, 0.1) is 0 Å². The van der Waals surface area contributed by atoms with Crippen molar-refractivity contribution in [1.82, 2.24) is 9.88 Å². The third-order valence-electron chi connectivity index (χ3n) is 4.46. The number of hydrogen-bond acceptors (Lipinski definition) is 3. The molecule has 0 unspecified atom stereocenters. The Balaban J connectivity index is 1.60. The molecule has 24 heavy (non-hydrogen) atoms. The van der Waals surface area contributed by atoms with Crippen LogP contribution in [0.4, 0.5) is 5.69 Å². The van der Waals surface area contributed by atoms with Gasteiger partial charge >= 0.3 is 0 Å². The van der Waals surface area contributed by atoms with E-state index in [1.54, 1.807) is 24.0 Å². The second-order valence-corrected chi connectivity index (χ2v) is 6.46. The molecule has 126 valence electrons. The number of carbonyl (C=O) groups is 1. The summed E-state index contributed by atoms with van der Waals surface area (Å²) in [6, 6.07) is 12.0. The van der Waals surface area contributed by atoms with Gasteiger partial charge in [0.15, 0.2) is 0 Å². The molecule has 1 aliphatic rings. The van der Waals surface area contributed by atoms with Gasteiger partial charge in [-0.25, -0.2) is 0 Å². The fourth-order valence-electron chi connectivity index (χ4n) is 3.11. The van der Waals surface area contributed by atoms with Gasteiger partial charge in [-0.05, 0) is 56.5 Å². The minimum absolute atomic E-state index is 0.176. The van der Waals surface area contributed by atoms with Gasteiger partial charge in [0, 0.05) is 30.5 Å². The van der Waals surface area contributed by atoms with Crippen molar-refractivity contribution in [3.05, 3.63) is 63.6 Å². The minimum Gasteiger partial charge on any atom is -0.382 e. The van der Waals surface area contributed by atoms with E-state index in [4.69, 9.17) is 0 Å². The molecule has 1 fully saturated rings. The number of nitrogens with zero attached hydrogens (tertiary/aromatic N) is 1. The largest absolute Gasteiger partial charge is 0.382 e. The maximum Gasteiger partial charge on any atom is 0.260 e. The molecule has 0 bridgehead atoms. The summed E-state index contributed by atoms with van der Waals surface area (Å²) in [5, 5.41) is 3.53. The van der Waals surface area contributed by atoms with Gasteiger partial charge in [-0.1, -0.05) is 12.1 Å². The van der Waals surface area contributed by atoms with Crippen LogP contribution in [0.15, 0.2) is 41.2 Å². The highest BCUT2D eigenvalue weighted by molar-refractivity contribution is 5.93. The summed E-state index contributed by atoms with van der Waals surface area (Å²) < 4.78 is 0. The number of hydrogen-bond donors (Lipinski definition) is 2. The smallest absolute Gasteiger partial charge is 0.260 e. The van der Waals surface area contributed by atoms with Crippen LogP contribution in [0, 0.1) is 13.8 Å². The van der Waals surface area contributed by atoms with Gasteiger partial charge in [-0.15, -0.1) is 0 Å². The Labute approximate surface area is 141 Å². The lowest BCUT2D eigenvalue weighted by atomic mass is 10.0. The maximum atomic E-state index is 12.5. The van der Waals surface area contributed by atoms with Crippen molar-refractivity contribution in [3.8, 4) is 0 Å². The molecule has 1 aliphatic heterocycles. The van der Waals surface area contributed by atoms with Crippen LogP contribution in [-0.2, 0) is 0 Å². The van der Waals surface area contributed by atoms with E-state index in [0.717, 1.165) is 24.2 Å². The standard InChI is InChI=1S/C19H23N3O2/c1-13-4-3-5-16(12-13)21-15-8-10-22(11-9-15)19(24)17-7-6-14(2)20-18(17)23/h3-7,12,15,21H,8-11H2,1-2H3,(H,20,23). The van der Waals surface area contributed by atoms with Crippen molar-refractivity contribution < 1.29 is 4.79 Å². The van der Waals surface area contributed by atoms with Crippen molar-refractivity contribution in [3.63, 3.8) is 0 Å². The van der Waals surface area contributed by atoms with E-state index >= 15 is 0 Å². The zero-order valence-electron chi connectivity index (χ0n) is 14.1. The number of carbonyl (C=O) groups excluding carboxylic acids is 1. The summed E-state index contributed by atoms with van der Waals surface area (Å²) in [4.78, 5) is 28.9. The molecule has 0 aliphatic carbocycles. The summed E-state index contributed by atoms with van der Waals surface area (Å²) in [7, 11) is 0. The van der Waals surface area contributed by atoms with E-state index < -0.39 is 0 Å². The molecule has 2 N–H and O–H groups in total. The zero-order valence-corrected chi connectivity index (χ0v) is 14.1. The lowest BCUT2D eigenvalue weighted by molar-refractivity contribution is 0.0716. The average Bonchev–Trinajstić information content (AvgIpc) is 2.55. The third-order valence-corrected chi connectivity index (χ3v) is 4.46. The lowest BCUT2D eigenvalue weighted by Gasteiger charge is -2.32. The molecular weight excluding hydrogens is 302 g/mol. The molecule has 1 aromatic heterocycles. The molecule has 0 radical (unpaired) electrons. The Morgan fingerprint density at radius 2 is 1.92 bits per heavy atom. The van der Waals surface area contributed by atoms with E-state index in [1.807, 2.05) is 6.07 Å². The summed E-state index contributed by atoms with van der Waals surface area (Å²) in [6.07, 6.45) is 1.76. The van der Waals surface area contributed by atoms with Crippen LogP contribution in [0.25, 0.3) is 0 Å². The lowest BCUT2D eigenvalue weighted by Crippen LogP contribution is -2.43. The Morgan fingerprint density at radius 3 is 2.58 bits per heavy atom. The molecule has 0 atom stereocenters. The predicted molar refractivity (Wildman–Crippen MR) is 95.5 cm³/mol. The fraction of sp³-hybridized carbons (Fsp3) is 0.368. The summed E-state index contributed by atoms with van der Waals surface area (Å²) in [5.74, 6) is -0.176. The van der Waals surface area contributed by atoms with Crippen LogP contribution in [-0.4, -0.2) is 34.9 Å². The molecule has 2 heterocycles. The first kappa shape index (κ1) is 16.3. The number of benzene rings is 1. The van der Waals surface area contributed by atoms with Crippen molar-refractivity contribution in [2.45, 2.75) is 32.7 Å². The Bertz CT molecular complexity index is 789. The predicted octanol–water partition coefficient (Wildman–Crippen LogP) is 2.71. The highest BCUT2D eigenvalue weighted by Gasteiger charge is 2.25.